The molecule has 1 aliphatic carbocycles. The predicted octanol–water partition coefficient (Wildman–Crippen LogP) is 2.05. The summed E-state index contributed by atoms with van der Waals surface area (Å²) < 4.78 is 0. The van der Waals surface area contributed by atoms with Gasteiger partial charge in [0.1, 0.15) is 0 Å². The minimum Gasteiger partial charge on any atom is -0.352 e. The quantitative estimate of drug-likeness (QED) is 0.668. The Labute approximate surface area is 154 Å². The van der Waals surface area contributed by atoms with Crippen molar-refractivity contribution in [3.63, 3.8) is 0 Å². The van der Waals surface area contributed by atoms with Crippen LogP contribution in [0.15, 0.2) is 59.4 Å². The molecule has 2 atom stereocenters. The third kappa shape index (κ3) is 2.30. The van der Waals surface area contributed by atoms with E-state index in [1.807, 2.05) is 48.5 Å². The molecular formula is C21H17N3O3. The zero-order valence-corrected chi connectivity index (χ0v) is 14.4. The van der Waals surface area contributed by atoms with E-state index in [1.54, 1.807) is 6.07 Å². The van der Waals surface area contributed by atoms with Gasteiger partial charge in [-0.3, -0.25) is 14.4 Å². The number of hydrogen-bond acceptors (Lipinski definition) is 3. The van der Waals surface area contributed by atoms with Crippen molar-refractivity contribution in [2.75, 3.05) is 5.32 Å². The number of rotatable bonds is 3. The van der Waals surface area contributed by atoms with Crippen molar-refractivity contribution < 1.29 is 9.59 Å². The molecule has 6 heteroatoms. The summed E-state index contributed by atoms with van der Waals surface area (Å²) in [5.74, 6) is -0.720. The van der Waals surface area contributed by atoms with Crippen LogP contribution in [-0.2, 0) is 21.5 Å². The highest BCUT2D eigenvalue weighted by Gasteiger charge is 2.67. The monoisotopic (exact) mass is 359 g/mol. The van der Waals surface area contributed by atoms with E-state index in [9.17, 15) is 14.4 Å². The zero-order chi connectivity index (χ0) is 18.6. The fourth-order valence-electron chi connectivity index (χ4n) is 4.09. The molecule has 2 amide bonds. The molecule has 2 aliphatic rings. The van der Waals surface area contributed by atoms with Crippen molar-refractivity contribution in [1.82, 2.24) is 10.3 Å². The first-order valence-corrected chi connectivity index (χ1v) is 8.89. The van der Waals surface area contributed by atoms with Gasteiger partial charge in [0.25, 0.3) is 5.56 Å². The summed E-state index contributed by atoms with van der Waals surface area (Å²) in [5.41, 5.74) is 1.95. The molecule has 1 aliphatic heterocycles. The van der Waals surface area contributed by atoms with Crippen molar-refractivity contribution in [2.45, 2.75) is 18.4 Å². The van der Waals surface area contributed by atoms with Gasteiger partial charge in [0.2, 0.25) is 11.8 Å². The predicted molar refractivity (Wildman–Crippen MR) is 101 cm³/mol. The van der Waals surface area contributed by atoms with Crippen molar-refractivity contribution in [3.05, 3.63) is 76.1 Å². The van der Waals surface area contributed by atoms with Gasteiger partial charge >= 0.3 is 0 Å². The van der Waals surface area contributed by atoms with Crippen LogP contribution in [-0.4, -0.2) is 16.8 Å². The molecule has 1 aromatic heterocycles. The molecule has 134 valence electrons. The fourth-order valence-corrected chi connectivity index (χ4v) is 4.09. The third-order valence-electron chi connectivity index (χ3n) is 5.62. The fraction of sp³-hybridized carbons (Fsp3) is 0.190. The summed E-state index contributed by atoms with van der Waals surface area (Å²) in [6.45, 7) is 0.134. The lowest BCUT2D eigenvalue weighted by atomic mass is 9.94. The second kappa shape index (κ2) is 5.54. The number of pyridine rings is 1. The van der Waals surface area contributed by atoms with E-state index >= 15 is 0 Å². The van der Waals surface area contributed by atoms with E-state index in [0.29, 0.717) is 12.0 Å². The van der Waals surface area contributed by atoms with Gasteiger partial charge in [-0.05, 0) is 35.6 Å². The minimum atomic E-state index is -0.753. The molecule has 0 radical (unpaired) electrons. The Morgan fingerprint density at radius 2 is 1.89 bits per heavy atom. The van der Waals surface area contributed by atoms with Crippen LogP contribution in [0.2, 0.25) is 0 Å². The Hall–Kier alpha value is -3.41. The van der Waals surface area contributed by atoms with Gasteiger partial charge in [0.15, 0.2) is 0 Å². The van der Waals surface area contributed by atoms with Crippen LogP contribution in [0.4, 0.5) is 5.69 Å². The molecule has 3 aromatic rings. The van der Waals surface area contributed by atoms with Crippen LogP contribution >= 0.6 is 0 Å². The van der Waals surface area contributed by atoms with Crippen LogP contribution in [0.3, 0.4) is 0 Å². The van der Waals surface area contributed by atoms with Gasteiger partial charge in [-0.15, -0.1) is 0 Å². The molecule has 1 saturated carbocycles. The maximum atomic E-state index is 12.7. The normalized spacial score (nSPS) is 22.5. The van der Waals surface area contributed by atoms with Gasteiger partial charge in [-0.2, -0.15) is 0 Å². The average Bonchev–Trinajstić information content (AvgIpc) is 3.37. The lowest BCUT2D eigenvalue weighted by molar-refractivity contribution is -0.125. The lowest BCUT2D eigenvalue weighted by Crippen LogP contribution is -2.32. The van der Waals surface area contributed by atoms with Crippen molar-refractivity contribution in [3.8, 4) is 0 Å². The number of carbonyl (C=O) groups excluding carboxylic acids is 2. The van der Waals surface area contributed by atoms with E-state index in [2.05, 4.69) is 15.6 Å². The van der Waals surface area contributed by atoms with E-state index in [0.717, 1.165) is 22.2 Å². The Morgan fingerprint density at radius 3 is 2.78 bits per heavy atom. The summed E-state index contributed by atoms with van der Waals surface area (Å²) in [6.07, 6.45) is 0.496. The number of benzene rings is 2. The first kappa shape index (κ1) is 15.8. The first-order valence-electron chi connectivity index (χ1n) is 8.89. The number of hydrogen-bond donors (Lipinski definition) is 3. The number of carbonyl (C=O) groups is 2. The number of nitrogens with one attached hydrogen (secondary N) is 3. The molecule has 0 bridgehead atoms. The Morgan fingerprint density at radius 1 is 1.11 bits per heavy atom. The van der Waals surface area contributed by atoms with E-state index in [1.165, 1.54) is 0 Å². The average molecular weight is 359 g/mol. The Balaban J connectivity index is 1.35. The minimum absolute atomic E-state index is 0.118. The molecule has 2 unspecified atom stereocenters. The number of fused-ring (bicyclic) bond motifs is 3. The zero-order valence-electron chi connectivity index (χ0n) is 14.4. The third-order valence-corrected chi connectivity index (χ3v) is 5.62. The van der Waals surface area contributed by atoms with Crippen LogP contribution in [0.5, 0.6) is 0 Å². The second-order valence-electron chi connectivity index (χ2n) is 7.16. The molecule has 0 saturated heterocycles. The standard InChI is InChI=1S/C21H17N3O3/c25-18-13(9-12-5-1-3-7-16(12)23-18)11-22-19(26)15-10-21(15)14-6-2-4-8-17(14)24-20(21)27/h1-9,15H,10-11H2,(H,22,26)(H,23,25)(H,24,27). The van der Waals surface area contributed by atoms with E-state index in [4.69, 9.17) is 0 Å². The molecule has 27 heavy (non-hydrogen) atoms. The SMILES string of the molecule is O=C(NCc1cc2ccccc2[nH]c1=O)C1CC12C(=O)Nc1ccccc12. The summed E-state index contributed by atoms with van der Waals surface area (Å²) in [5, 5.41) is 6.60. The van der Waals surface area contributed by atoms with Crippen molar-refractivity contribution in [1.29, 1.82) is 0 Å². The number of aromatic amines is 1. The largest absolute Gasteiger partial charge is 0.352 e. The summed E-state index contributed by atoms with van der Waals surface area (Å²) >= 11 is 0. The highest BCUT2D eigenvalue weighted by molar-refractivity contribution is 6.12. The van der Waals surface area contributed by atoms with Crippen molar-refractivity contribution >= 4 is 28.4 Å². The first-order chi connectivity index (χ1) is 13.1. The maximum absolute atomic E-state index is 12.7. The summed E-state index contributed by atoms with van der Waals surface area (Å²) in [6, 6.07) is 16.8. The highest BCUT2D eigenvalue weighted by Crippen LogP contribution is 2.59. The molecule has 2 aromatic carbocycles. The number of aromatic nitrogens is 1. The topological polar surface area (TPSA) is 91.1 Å². The smallest absolute Gasteiger partial charge is 0.253 e. The molecular weight excluding hydrogens is 342 g/mol. The second-order valence-corrected chi connectivity index (χ2v) is 7.16. The van der Waals surface area contributed by atoms with E-state index < -0.39 is 11.3 Å². The van der Waals surface area contributed by atoms with Crippen LogP contribution < -0.4 is 16.2 Å². The number of H-pyrrole nitrogens is 1. The molecule has 3 N–H and O–H groups in total. The van der Waals surface area contributed by atoms with Gasteiger partial charge in [0, 0.05) is 23.3 Å². The lowest BCUT2D eigenvalue weighted by Gasteiger charge is -2.09. The van der Waals surface area contributed by atoms with Gasteiger partial charge in [-0.1, -0.05) is 36.4 Å². The molecule has 5 rings (SSSR count). The van der Waals surface area contributed by atoms with E-state index in [-0.39, 0.29) is 23.9 Å². The number of amides is 2. The summed E-state index contributed by atoms with van der Waals surface area (Å²) in [7, 11) is 0. The van der Waals surface area contributed by atoms with Crippen LogP contribution in [0, 0.1) is 5.92 Å². The Kier molecular flexibility index (Phi) is 3.25. The molecule has 1 spiro atoms. The number of para-hydroxylation sites is 2. The van der Waals surface area contributed by atoms with Gasteiger partial charge in [0.05, 0.1) is 11.3 Å². The van der Waals surface area contributed by atoms with Crippen LogP contribution in [0.25, 0.3) is 10.9 Å². The van der Waals surface area contributed by atoms with Crippen molar-refractivity contribution in [2.24, 2.45) is 5.92 Å². The van der Waals surface area contributed by atoms with Gasteiger partial charge in [-0.25, -0.2) is 0 Å². The molecule has 2 heterocycles. The van der Waals surface area contributed by atoms with Gasteiger partial charge < -0.3 is 15.6 Å². The number of anilines is 1. The molecule has 6 nitrogen and oxygen atoms in total. The molecule has 1 fully saturated rings. The summed E-state index contributed by atoms with van der Waals surface area (Å²) in [4.78, 5) is 40.2. The highest BCUT2D eigenvalue weighted by atomic mass is 16.2. The van der Waals surface area contributed by atoms with Crippen LogP contribution in [0.1, 0.15) is 17.5 Å². The maximum Gasteiger partial charge on any atom is 0.253 e. The Bertz CT molecular complexity index is 1170.